The van der Waals surface area contributed by atoms with Gasteiger partial charge in [0.2, 0.25) is 5.91 Å². The molecule has 3 heterocycles. The Kier molecular flexibility index (Phi) is 3.21. The number of aliphatic carboxylic acids is 1. The molecule has 108 valence electrons. The molecule has 2 atom stereocenters. The van der Waals surface area contributed by atoms with Crippen molar-refractivity contribution >= 4 is 11.9 Å². The molecule has 0 unspecified atom stereocenters. The first-order chi connectivity index (χ1) is 9.62. The van der Waals surface area contributed by atoms with Crippen LogP contribution in [0, 0.1) is 11.3 Å². The van der Waals surface area contributed by atoms with Crippen LogP contribution in [0.15, 0.2) is 18.5 Å². The first-order valence-electron chi connectivity index (χ1n) is 6.68. The molecule has 2 saturated heterocycles. The van der Waals surface area contributed by atoms with Crippen LogP contribution >= 0.6 is 0 Å². The second-order valence-electron chi connectivity index (χ2n) is 5.46. The lowest BCUT2D eigenvalue weighted by molar-refractivity contribution is -0.157. The fourth-order valence-corrected chi connectivity index (χ4v) is 3.12. The highest BCUT2D eigenvalue weighted by Crippen LogP contribution is 2.42. The monoisotopic (exact) mass is 279 g/mol. The van der Waals surface area contributed by atoms with Gasteiger partial charge in [-0.25, -0.2) is 0 Å². The number of amides is 1. The summed E-state index contributed by atoms with van der Waals surface area (Å²) < 4.78 is 6.92. The summed E-state index contributed by atoms with van der Waals surface area (Å²) in [5.74, 6) is -1.03. The standard InChI is InChI=1S/C13H17N3O4/c17-11(7-16-4-1-3-14-16)15-6-10-8-20-5-2-13(10,9-15)12(18)19/h1,3-4,10H,2,5-9H2,(H,18,19)/t10-,13+/m0/s1. The summed E-state index contributed by atoms with van der Waals surface area (Å²) in [7, 11) is 0. The zero-order valence-corrected chi connectivity index (χ0v) is 11.1. The summed E-state index contributed by atoms with van der Waals surface area (Å²) in [4.78, 5) is 25.5. The molecule has 20 heavy (non-hydrogen) atoms. The Bertz CT molecular complexity index is 516. The number of hydrogen-bond donors (Lipinski definition) is 1. The topological polar surface area (TPSA) is 84.7 Å². The Morgan fingerprint density at radius 3 is 3.00 bits per heavy atom. The Morgan fingerprint density at radius 1 is 1.50 bits per heavy atom. The van der Waals surface area contributed by atoms with E-state index in [1.165, 1.54) is 0 Å². The third kappa shape index (κ3) is 2.07. The molecule has 0 bridgehead atoms. The van der Waals surface area contributed by atoms with Crippen LogP contribution in [0.2, 0.25) is 0 Å². The minimum Gasteiger partial charge on any atom is -0.481 e. The molecule has 2 fully saturated rings. The zero-order chi connectivity index (χ0) is 14.2. The summed E-state index contributed by atoms with van der Waals surface area (Å²) in [6.07, 6.45) is 3.80. The fourth-order valence-electron chi connectivity index (χ4n) is 3.12. The number of carboxylic acids is 1. The van der Waals surface area contributed by atoms with E-state index in [4.69, 9.17) is 4.74 Å². The Labute approximate surface area is 116 Å². The molecule has 2 aliphatic rings. The third-order valence-corrected chi connectivity index (χ3v) is 4.34. The van der Waals surface area contributed by atoms with Crippen molar-refractivity contribution in [1.82, 2.24) is 14.7 Å². The van der Waals surface area contributed by atoms with Crippen molar-refractivity contribution in [1.29, 1.82) is 0 Å². The lowest BCUT2D eigenvalue weighted by Gasteiger charge is -2.33. The molecule has 0 radical (unpaired) electrons. The van der Waals surface area contributed by atoms with Crippen LogP contribution in [0.5, 0.6) is 0 Å². The Hall–Kier alpha value is -1.89. The highest BCUT2D eigenvalue weighted by atomic mass is 16.5. The molecular formula is C13H17N3O4. The van der Waals surface area contributed by atoms with Gasteiger partial charge in [0, 0.05) is 38.0 Å². The van der Waals surface area contributed by atoms with Gasteiger partial charge in [-0.1, -0.05) is 0 Å². The SMILES string of the molecule is O=C(Cn1cccn1)N1C[C@H]2COCC[C@@]2(C(=O)O)C1. The number of carbonyl (C=O) groups excluding carboxylic acids is 1. The highest BCUT2D eigenvalue weighted by molar-refractivity contribution is 5.81. The van der Waals surface area contributed by atoms with E-state index in [0.29, 0.717) is 26.2 Å². The van der Waals surface area contributed by atoms with E-state index in [9.17, 15) is 14.7 Å². The average molecular weight is 279 g/mol. The fraction of sp³-hybridized carbons (Fsp3) is 0.615. The number of carbonyl (C=O) groups is 2. The molecule has 0 aromatic carbocycles. The number of rotatable bonds is 3. The van der Waals surface area contributed by atoms with Gasteiger partial charge in [-0.2, -0.15) is 5.10 Å². The zero-order valence-electron chi connectivity index (χ0n) is 11.1. The van der Waals surface area contributed by atoms with Gasteiger partial charge in [-0.15, -0.1) is 0 Å². The minimum atomic E-state index is -0.835. The van der Waals surface area contributed by atoms with E-state index in [2.05, 4.69) is 5.10 Å². The maximum Gasteiger partial charge on any atom is 0.311 e. The van der Waals surface area contributed by atoms with Crippen molar-refractivity contribution in [2.45, 2.75) is 13.0 Å². The number of aromatic nitrogens is 2. The molecule has 1 aromatic rings. The summed E-state index contributed by atoms with van der Waals surface area (Å²) in [6, 6.07) is 1.75. The molecule has 7 heteroatoms. The van der Waals surface area contributed by atoms with Gasteiger partial charge in [0.05, 0.1) is 12.0 Å². The number of carboxylic acid groups (broad SMARTS) is 1. The molecular weight excluding hydrogens is 262 g/mol. The number of hydrogen-bond acceptors (Lipinski definition) is 4. The largest absolute Gasteiger partial charge is 0.481 e. The normalized spacial score (nSPS) is 29.2. The first kappa shape index (κ1) is 13.1. The maximum atomic E-state index is 12.3. The first-order valence-corrected chi connectivity index (χ1v) is 6.68. The molecule has 2 aliphatic heterocycles. The molecule has 3 rings (SSSR count). The van der Waals surface area contributed by atoms with E-state index in [1.54, 1.807) is 28.0 Å². The van der Waals surface area contributed by atoms with Gasteiger partial charge >= 0.3 is 5.97 Å². The summed E-state index contributed by atoms with van der Waals surface area (Å²) in [6.45, 7) is 1.74. The van der Waals surface area contributed by atoms with Gasteiger partial charge in [0.25, 0.3) is 0 Å². The summed E-state index contributed by atoms with van der Waals surface area (Å²) in [5.41, 5.74) is -0.835. The van der Waals surface area contributed by atoms with E-state index in [-0.39, 0.29) is 24.9 Å². The number of fused-ring (bicyclic) bond motifs is 1. The third-order valence-electron chi connectivity index (χ3n) is 4.34. The van der Waals surface area contributed by atoms with Crippen LogP contribution in [-0.4, -0.2) is 58.0 Å². The number of nitrogens with zero attached hydrogens (tertiary/aromatic N) is 3. The molecule has 1 amide bonds. The second kappa shape index (κ2) is 4.90. The van der Waals surface area contributed by atoms with Crippen LogP contribution in [0.4, 0.5) is 0 Å². The van der Waals surface area contributed by atoms with Gasteiger partial charge in [-0.3, -0.25) is 14.3 Å². The predicted octanol–water partition coefficient (Wildman–Crippen LogP) is -0.167. The minimum absolute atomic E-state index is 0.0938. The van der Waals surface area contributed by atoms with Gasteiger partial charge in [0.1, 0.15) is 6.54 Å². The van der Waals surface area contributed by atoms with Crippen LogP contribution in [0.1, 0.15) is 6.42 Å². The van der Waals surface area contributed by atoms with Crippen molar-refractivity contribution in [3.63, 3.8) is 0 Å². The Balaban J connectivity index is 1.73. The van der Waals surface area contributed by atoms with Crippen molar-refractivity contribution < 1.29 is 19.4 Å². The van der Waals surface area contributed by atoms with E-state index < -0.39 is 11.4 Å². The molecule has 0 aliphatic carbocycles. The molecule has 0 spiro atoms. The van der Waals surface area contributed by atoms with Crippen molar-refractivity contribution in [2.24, 2.45) is 11.3 Å². The van der Waals surface area contributed by atoms with E-state index in [0.717, 1.165) is 0 Å². The van der Waals surface area contributed by atoms with Crippen molar-refractivity contribution in [2.75, 3.05) is 26.3 Å². The van der Waals surface area contributed by atoms with E-state index in [1.807, 2.05) is 0 Å². The Morgan fingerprint density at radius 2 is 2.35 bits per heavy atom. The molecule has 1 aromatic heterocycles. The van der Waals surface area contributed by atoms with Crippen molar-refractivity contribution in [3.05, 3.63) is 18.5 Å². The van der Waals surface area contributed by atoms with E-state index >= 15 is 0 Å². The lowest BCUT2D eigenvalue weighted by Crippen LogP contribution is -2.45. The van der Waals surface area contributed by atoms with Gasteiger partial charge in [0.15, 0.2) is 0 Å². The van der Waals surface area contributed by atoms with Crippen LogP contribution in [0.25, 0.3) is 0 Å². The number of ether oxygens (including phenoxy) is 1. The maximum absolute atomic E-state index is 12.3. The molecule has 1 N–H and O–H groups in total. The summed E-state index contributed by atoms with van der Waals surface area (Å²) >= 11 is 0. The van der Waals surface area contributed by atoms with Crippen LogP contribution in [-0.2, 0) is 20.9 Å². The summed E-state index contributed by atoms with van der Waals surface area (Å²) in [5, 5.41) is 13.5. The van der Waals surface area contributed by atoms with Gasteiger partial charge in [-0.05, 0) is 12.5 Å². The smallest absolute Gasteiger partial charge is 0.311 e. The number of likely N-dealkylation sites (tertiary alicyclic amines) is 1. The predicted molar refractivity (Wildman–Crippen MR) is 67.8 cm³/mol. The quantitative estimate of drug-likeness (QED) is 0.830. The lowest BCUT2D eigenvalue weighted by atomic mass is 9.74. The average Bonchev–Trinajstić information content (AvgIpc) is 3.05. The highest BCUT2D eigenvalue weighted by Gasteiger charge is 2.54. The van der Waals surface area contributed by atoms with Gasteiger partial charge < -0.3 is 14.7 Å². The van der Waals surface area contributed by atoms with Crippen LogP contribution < -0.4 is 0 Å². The van der Waals surface area contributed by atoms with Crippen molar-refractivity contribution in [3.8, 4) is 0 Å². The molecule has 0 saturated carbocycles. The molecule has 7 nitrogen and oxygen atoms in total. The second-order valence-corrected chi connectivity index (χ2v) is 5.46. The van der Waals surface area contributed by atoms with Crippen LogP contribution in [0.3, 0.4) is 0 Å².